The number of halogens is 3. The molecule has 0 saturated carbocycles. The minimum Gasteiger partial charge on any atom is -0.338 e. The Labute approximate surface area is 150 Å². The zero-order valence-corrected chi connectivity index (χ0v) is 16.2. The van der Waals surface area contributed by atoms with Gasteiger partial charge in [0.05, 0.1) is 10.6 Å². The average Bonchev–Trinajstić information content (AvgIpc) is 2.79. The van der Waals surface area contributed by atoms with Crippen LogP contribution in [0.5, 0.6) is 0 Å². The summed E-state index contributed by atoms with van der Waals surface area (Å²) in [5.74, 6) is -2.91. The third-order valence-electron chi connectivity index (χ3n) is 3.67. The Kier molecular flexibility index (Phi) is 10.9. The molecule has 0 radical (unpaired) electrons. The molecule has 0 bridgehead atoms. The van der Waals surface area contributed by atoms with E-state index in [0.29, 0.717) is 23.6 Å². The Bertz CT molecular complexity index is 506. The van der Waals surface area contributed by atoms with E-state index in [1.54, 1.807) is 12.1 Å². The number of benzene rings is 1. The highest BCUT2D eigenvalue weighted by Gasteiger charge is 2.33. The van der Waals surface area contributed by atoms with Crippen LogP contribution in [-0.2, 0) is 6.42 Å². The molecule has 2 rings (SSSR count). The molecule has 1 aliphatic rings. The Morgan fingerprint density at radius 1 is 1.17 bits per heavy atom. The van der Waals surface area contributed by atoms with E-state index in [4.69, 9.17) is 11.6 Å². The van der Waals surface area contributed by atoms with E-state index < -0.39 is 5.92 Å². The lowest BCUT2D eigenvalue weighted by Gasteiger charge is -2.21. The smallest absolute Gasteiger partial charge is 0.255 e. The van der Waals surface area contributed by atoms with Crippen LogP contribution in [0.25, 0.3) is 0 Å². The minimum atomic E-state index is -2.66. The first-order valence-corrected chi connectivity index (χ1v) is 9.26. The molecule has 0 atom stereocenters. The molecule has 1 fully saturated rings. The summed E-state index contributed by atoms with van der Waals surface area (Å²) < 4.78 is 26.7. The summed E-state index contributed by atoms with van der Waals surface area (Å²) in [6, 6.07) is 5.32. The first-order valence-electron chi connectivity index (χ1n) is 8.88. The van der Waals surface area contributed by atoms with E-state index in [2.05, 4.69) is 0 Å². The number of hydrogen-bond acceptors (Lipinski definition) is 1. The highest BCUT2D eigenvalue weighted by Crippen LogP contribution is 2.29. The lowest BCUT2D eigenvalue weighted by atomic mass is 10.1. The number of amides is 1. The van der Waals surface area contributed by atoms with E-state index >= 15 is 0 Å². The molecule has 1 aromatic rings. The zero-order chi connectivity index (χ0) is 18.8. The van der Waals surface area contributed by atoms with Crippen molar-refractivity contribution >= 4 is 17.5 Å². The summed E-state index contributed by atoms with van der Waals surface area (Å²) >= 11 is 6.07. The van der Waals surface area contributed by atoms with E-state index in [1.807, 2.05) is 40.7 Å². The van der Waals surface area contributed by atoms with Crippen molar-refractivity contribution in [2.75, 3.05) is 13.1 Å². The van der Waals surface area contributed by atoms with Gasteiger partial charge in [-0.1, -0.05) is 52.3 Å². The Morgan fingerprint density at radius 2 is 1.79 bits per heavy atom. The standard InChI is InChI=1S/C15H18ClF2NO.2C2H6/c1-2-11-4-5-13(16)12(10-11)14(20)19-8-3-6-15(17,18)7-9-19;2*1-2/h4-5,10H,2-3,6-9H2,1H3;2*1-2H3. The van der Waals surface area contributed by atoms with Crippen LogP contribution in [0.4, 0.5) is 8.78 Å². The molecule has 2 nitrogen and oxygen atoms in total. The summed E-state index contributed by atoms with van der Waals surface area (Å²) in [5.41, 5.74) is 1.43. The Balaban J connectivity index is 0.00000123. The van der Waals surface area contributed by atoms with Crippen LogP contribution in [-0.4, -0.2) is 29.8 Å². The molecule has 1 amide bonds. The van der Waals surface area contributed by atoms with Gasteiger partial charge >= 0.3 is 0 Å². The molecule has 5 heteroatoms. The van der Waals surface area contributed by atoms with Crippen LogP contribution < -0.4 is 0 Å². The van der Waals surface area contributed by atoms with Crippen LogP contribution in [0.2, 0.25) is 5.02 Å². The third-order valence-corrected chi connectivity index (χ3v) is 4.00. The zero-order valence-electron chi connectivity index (χ0n) is 15.5. The largest absolute Gasteiger partial charge is 0.338 e. The van der Waals surface area contributed by atoms with E-state index in [0.717, 1.165) is 12.0 Å². The second kappa shape index (κ2) is 11.4. The fraction of sp³-hybridized carbons (Fsp3) is 0.632. The molecule has 1 aliphatic heterocycles. The lowest BCUT2D eigenvalue weighted by molar-refractivity contribution is -0.0125. The molecule has 1 aromatic carbocycles. The fourth-order valence-electron chi connectivity index (χ4n) is 2.39. The van der Waals surface area contributed by atoms with Crippen LogP contribution in [0, 0.1) is 0 Å². The Hall–Kier alpha value is -1.16. The van der Waals surface area contributed by atoms with Gasteiger partial charge in [0, 0.05) is 25.9 Å². The van der Waals surface area contributed by atoms with Gasteiger partial charge in [-0.05, 0) is 30.5 Å². The van der Waals surface area contributed by atoms with Gasteiger partial charge in [0.1, 0.15) is 0 Å². The molecule has 0 aliphatic carbocycles. The topological polar surface area (TPSA) is 20.3 Å². The van der Waals surface area contributed by atoms with Crippen molar-refractivity contribution in [3.05, 3.63) is 34.3 Å². The number of likely N-dealkylation sites (tertiary alicyclic amines) is 1. The molecule has 1 heterocycles. The monoisotopic (exact) mass is 361 g/mol. The van der Waals surface area contributed by atoms with E-state index in [9.17, 15) is 13.6 Å². The van der Waals surface area contributed by atoms with Gasteiger partial charge < -0.3 is 4.90 Å². The van der Waals surface area contributed by atoms with Crippen molar-refractivity contribution in [1.29, 1.82) is 0 Å². The number of rotatable bonds is 2. The van der Waals surface area contributed by atoms with Crippen molar-refractivity contribution in [2.45, 2.75) is 66.2 Å². The van der Waals surface area contributed by atoms with Gasteiger partial charge in [0.15, 0.2) is 0 Å². The van der Waals surface area contributed by atoms with Gasteiger partial charge in [-0.2, -0.15) is 0 Å². The van der Waals surface area contributed by atoms with Crippen molar-refractivity contribution in [1.82, 2.24) is 4.90 Å². The first kappa shape index (κ1) is 22.8. The number of carbonyl (C=O) groups excluding carboxylic acids is 1. The normalized spacial score (nSPS) is 16.1. The van der Waals surface area contributed by atoms with Crippen molar-refractivity contribution in [3.63, 3.8) is 0 Å². The molecule has 0 aromatic heterocycles. The number of hydrogen-bond donors (Lipinski definition) is 0. The van der Waals surface area contributed by atoms with Crippen molar-refractivity contribution < 1.29 is 13.6 Å². The van der Waals surface area contributed by atoms with Gasteiger partial charge in [-0.3, -0.25) is 4.79 Å². The summed E-state index contributed by atoms with van der Waals surface area (Å²) in [6.07, 6.45) is 0.697. The number of aryl methyl sites for hydroxylation is 1. The molecule has 24 heavy (non-hydrogen) atoms. The maximum absolute atomic E-state index is 13.3. The maximum atomic E-state index is 13.3. The van der Waals surface area contributed by atoms with Crippen molar-refractivity contribution in [2.24, 2.45) is 0 Å². The van der Waals surface area contributed by atoms with Gasteiger partial charge in [0.25, 0.3) is 5.91 Å². The maximum Gasteiger partial charge on any atom is 0.255 e. The first-order chi connectivity index (χ1) is 11.4. The predicted octanol–water partition coefficient (Wildman–Crippen LogP) is 6.22. The summed E-state index contributed by atoms with van der Waals surface area (Å²) in [6.45, 7) is 10.4. The summed E-state index contributed by atoms with van der Waals surface area (Å²) in [7, 11) is 0. The molecule has 0 N–H and O–H groups in total. The van der Waals surface area contributed by atoms with Crippen LogP contribution >= 0.6 is 11.6 Å². The second-order valence-electron chi connectivity index (χ2n) is 5.17. The summed E-state index contributed by atoms with van der Waals surface area (Å²) in [4.78, 5) is 13.9. The molecule has 1 saturated heterocycles. The quantitative estimate of drug-likeness (QED) is 0.612. The molecular weight excluding hydrogens is 332 g/mol. The fourth-order valence-corrected chi connectivity index (χ4v) is 2.59. The minimum absolute atomic E-state index is 0.0819. The average molecular weight is 362 g/mol. The van der Waals surface area contributed by atoms with Crippen LogP contribution in [0.3, 0.4) is 0 Å². The molecule has 0 spiro atoms. The van der Waals surface area contributed by atoms with Crippen LogP contribution in [0.1, 0.15) is 69.8 Å². The lowest BCUT2D eigenvalue weighted by Crippen LogP contribution is -2.33. The van der Waals surface area contributed by atoms with Gasteiger partial charge in [-0.25, -0.2) is 8.78 Å². The highest BCUT2D eigenvalue weighted by atomic mass is 35.5. The SMILES string of the molecule is CC.CC.CCc1ccc(Cl)c(C(=O)N2CCCC(F)(F)CC2)c1. The predicted molar refractivity (Wildman–Crippen MR) is 98.2 cm³/mol. The van der Waals surface area contributed by atoms with Gasteiger partial charge in [-0.15, -0.1) is 0 Å². The number of alkyl halides is 2. The molecule has 0 unspecified atom stereocenters. The van der Waals surface area contributed by atoms with Crippen LogP contribution in [0.15, 0.2) is 18.2 Å². The van der Waals surface area contributed by atoms with Crippen molar-refractivity contribution in [3.8, 4) is 0 Å². The Morgan fingerprint density at radius 3 is 2.38 bits per heavy atom. The van der Waals surface area contributed by atoms with E-state index in [1.165, 1.54) is 4.90 Å². The summed E-state index contributed by atoms with van der Waals surface area (Å²) in [5, 5.41) is 0.378. The molecule has 138 valence electrons. The second-order valence-corrected chi connectivity index (χ2v) is 5.58. The number of nitrogens with zero attached hydrogens (tertiary/aromatic N) is 1. The molecular formula is C19H30ClF2NO. The number of carbonyl (C=O) groups is 1. The van der Waals surface area contributed by atoms with E-state index in [-0.39, 0.29) is 25.3 Å². The third kappa shape index (κ3) is 6.76. The van der Waals surface area contributed by atoms with Gasteiger partial charge in [0.2, 0.25) is 5.92 Å². The highest BCUT2D eigenvalue weighted by molar-refractivity contribution is 6.33.